The van der Waals surface area contributed by atoms with Crippen LogP contribution in [0.25, 0.3) is 11.0 Å². The van der Waals surface area contributed by atoms with E-state index in [1.807, 2.05) is 0 Å². The Hall–Kier alpha value is -1.26. The molecule has 0 spiro atoms. The van der Waals surface area contributed by atoms with Crippen LogP contribution in [0.15, 0.2) is 17.0 Å². The van der Waals surface area contributed by atoms with Gasteiger partial charge in [0.15, 0.2) is 0 Å². The number of rotatable bonds is 4. The Morgan fingerprint density at radius 2 is 2.15 bits per heavy atom. The van der Waals surface area contributed by atoms with Crippen LogP contribution in [0.4, 0.5) is 0 Å². The van der Waals surface area contributed by atoms with Gasteiger partial charge in [-0.1, -0.05) is 11.3 Å². The summed E-state index contributed by atoms with van der Waals surface area (Å²) in [5.74, 6) is -0.588. The number of aromatic amines is 1. The van der Waals surface area contributed by atoms with Crippen molar-refractivity contribution >= 4 is 27.1 Å². The monoisotopic (exact) mass is 392 g/mol. The summed E-state index contributed by atoms with van der Waals surface area (Å²) < 4.78 is 36.9. The molecule has 0 fully saturated rings. The summed E-state index contributed by atoms with van der Waals surface area (Å²) >= 11 is 0. The van der Waals surface area contributed by atoms with Crippen LogP contribution < -0.4 is 0 Å². The van der Waals surface area contributed by atoms with Crippen molar-refractivity contribution in [2.75, 3.05) is 6.61 Å². The van der Waals surface area contributed by atoms with E-state index in [9.17, 15) is 17.8 Å². The van der Waals surface area contributed by atoms with Crippen molar-refractivity contribution in [1.82, 2.24) is 15.4 Å². The van der Waals surface area contributed by atoms with Gasteiger partial charge in [-0.15, -0.1) is 5.10 Å². The van der Waals surface area contributed by atoms with E-state index < -0.39 is 21.0 Å². The van der Waals surface area contributed by atoms with E-state index in [4.69, 9.17) is 4.74 Å². The molecule has 2 N–H and O–H groups in total. The predicted molar refractivity (Wildman–Crippen MR) is 64.0 cm³/mol. The predicted octanol–water partition coefficient (Wildman–Crippen LogP) is 0.308. The van der Waals surface area contributed by atoms with Crippen molar-refractivity contribution in [3.63, 3.8) is 0 Å². The molecule has 1 aromatic carbocycles. The zero-order valence-electron chi connectivity index (χ0n) is 10.3. The van der Waals surface area contributed by atoms with Gasteiger partial charge in [0.05, 0.1) is 18.5 Å². The molecule has 0 unspecified atom stereocenters. The Morgan fingerprint density at radius 3 is 2.75 bits per heavy atom. The van der Waals surface area contributed by atoms with Crippen LogP contribution in [0.2, 0.25) is 0 Å². The molecule has 2 rings (SSSR count). The first-order valence-electron chi connectivity index (χ1n) is 5.39. The number of ether oxygens (including phenoxy) is 1. The maximum absolute atomic E-state index is 11.4. The largest absolute Gasteiger partial charge is 0.466 e. The molecule has 2 aromatic rings. The SMILES string of the molecule is CCOC(=O)Cc1ccc2[nH]nnc2c1S(=O)(=O)O.[Ag]. The molecule has 113 valence electrons. The van der Waals surface area contributed by atoms with Gasteiger partial charge in [-0.25, -0.2) is 0 Å². The molecule has 0 atom stereocenters. The molecule has 0 aliphatic rings. The van der Waals surface area contributed by atoms with Crippen LogP contribution in [-0.2, 0) is 48.5 Å². The Morgan fingerprint density at radius 1 is 1.45 bits per heavy atom. The normalized spacial score (nSPS) is 11.1. The van der Waals surface area contributed by atoms with Gasteiger partial charge in [-0.2, -0.15) is 8.42 Å². The summed E-state index contributed by atoms with van der Waals surface area (Å²) in [4.78, 5) is 11.0. The van der Waals surface area contributed by atoms with E-state index in [-0.39, 0.29) is 46.5 Å². The molecule has 8 nitrogen and oxygen atoms in total. The Bertz CT molecular complexity index is 728. The minimum Gasteiger partial charge on any atom is -0.466 e. The minimum atomic E-state index is -4.52. The number of aromatic nitrogens is 3. The van der Waals surface area contributed by atoms with Crippen LogP contribution in [0, 0.1) is 0 Å². The van der Waals surface area contributed by atoms with E-state index in [1.165, 1.54) is 12.1 Å². The fourth-order valence-electron chi connectivity index (χ4n) is 1.73. The van der Waals surface area contributed by atoms with Crippen LogP contribution in [-0.4, -0.2) is 41.0 Å². The van der Waals surface area contributed by atoms with Crippen LogP contribution in [0.1, 0.15) is 12.5 Å². The number of esters is 1. The molecule has 10 heteroatoms. The van der Waals surface area contributed by atoms with Gasteiger partial charge < -0.3 is 4.74 Å². The van der Waals surface area contributed by atoms with Gasteiger partial charge in [0.25, 0.3) is 10.1 Å². The average molecular weight is 393 g/mol. The molecule has 0 saturated heterocycles. The quantitative estimate of drug-likeness (QED) is 0.436. The Labute approximate surface area is 130 Å². The second kappa shape index (κ2) is 6.46. The summed E-state index contributed by atoms with van der Waals surface area (Å²) in [5, 5.41) is 9.55. The number of nitrogens with one attached hydrogen (secondary N) is 1. The van der Waals surface area contributed by atoms with Crippen molar-refractivity contribution in [3.8, 4) is 0 Å². The first-order chi connectivity index (χ1) is 8.93. The summed E-state index contributed by atoms with van der Waals surface area (Å²) in [6.45, 7) is 1.83. The second-order valence-electron chi connectivity index (χ2n) is 3.72. The molecule has 0 saturated carbocycles. The van der Waals surface area contributed by atoms with Gasteiger partial charge in [0, 0.05) is 22.4 Å². The van der Waals surface area contributed by atoms with E-state index in [0.717, 1.165) is 0 Å². The van der Waals surface area contributed by atoms with Crippen molar-refractivity contribution in [2.24, 2.45) is 0 Å². The maximum Gasteiger partial charge on any atom is 0.310 e. The third kappa shape index (κ3) is 3.44. The standard InChI is InChI=1S/C10H11N3O5S.Ag/c1-2-18-8(14)5-6-3-4-7-9(12-13-11-7)10(6)19(15,16)17;/h3-4H,2,5H2,1H3,(H,11,12,13)(H,15,16,17);. The second-order valence-corrected chi connectivity index (χ2v) is 5.08. The number of H-pyrrole nitrogens is 1. The van der Waals surface area contributed by atoms with Gasteiger partial charge >= 0.3 is 5.97 Å². The summed E-state index contributed by atoms with van der Waals surface area (Å²) in [5.41, 5.74) is 0.451. The van der Waals surface area contributed by atoms with Crippen LogP contribution >= 0.6 is 0 Å². The van der Waals surface area contributed by atoms with Crippen LogP contribution in [0.3, 0.4) is 0 Å². The Kier molecular flexibility index (Phi) is 5.42. The topological polar surface area (TPSA) is 122 Å². The van der Waals surface area contributed by atoms with Gasteiger partial charge in [-0.3, -0.25) is 14.4 Å². The summed E-state index contributed by atoms with van der Waals surface area (Å²) in [6, 6.07) is 2.93. The summed E-state index contributed by atoms with van der Waals surface area (Å²) in [7, 11) is -4.52. The van der Waals surface area contributed by atoms with E-state index >= 15 is 0 Å². The third-order valence-corrected chi connectivity index (χ3v) is 3.40. The first kappa shape index (κ1) is 16.8. The number of hydrogen-bond acceptors (Lipinski definition) is 6. The Balaban J connectivity index is 0.00000200. The average Bonchev–Trinajstić information content (AvgIpc) is 2.74. The zero-order chi connectivity index (χ0) is 14.0. The van der Waals surface area contributed by atoms with Gasteiger partial charge in [0.2, 0.25) is 0 Å². The summed E-state index contributed by atoms with van der Waals surface area (Å²) in [6.07, 6.45) is -0.272. The van der Waals surface area contributed by atoms with Crippen LogP contribution in [0.5, 0.6) is 0 Å². The fourth-order valence-corrected chi connectivity index (χ4v) is 2.59. The molecule has 20 heavy (non-hydrogen) atoms. The molecule has 1 radical (unpaired) electrons. The number of benzene rings is 1. The molecule has 0 aliphatic carbocycles. The molecular formula is C10H11AgN3O5S. The number of hydrogen-bond donors (Lipinski definition) is 2. The van der Waals surface area contributed by atoms with E-state index in [1.54, 1.807) is 6.92 Å². The zero-order valence-corrected chi connectivity index (χ0v) is 12.6. The van der Waals surface area contributed by atoms with Gasteiger partial charge in [0.1, 0.15) is 10.4 Å². The van der Waals surface area contributed by atoms with Crippen molar-refractivity contribution in [1.29, 1.82) is 0 Å². The van der Waals surface area contributed by atoms with Crippen molar-refractivity contribution in [3.05, 3.63) is 17.7 Å². The molecule has 0 aliphatic heterocycles. The third-order valence-electron chi connectivity index (χ3n) is 2.43. The fraction of sp³-hybridized carbons (Fsp3) is 0.300. The molecular weight excluding hydrogens is 382 g/mol. The number of carbonyl (C=O) groups is 1. The molecule has 1 aromatic heterocycles. The number of fused-ring (bicyclic) bond motifs is 1. The number of carbonyl (C=O) groups excluding carboxylic acids is 1. The smallest absolute Gasteiger partial charge is 0.310 e. The van der Waals surface area contributed by atoms with Crippen molar-refractivity contribution in [2.45, 2.75) is 18.2 Å². The molecule has 0 amide bonds. The first-order valence-corrected chi connectivity index (χ1v) is 6.83. The van der Waals surface area contributed by atoms with E-state index in [0.29, 0.717) is 5.52 Å². The maximum atomic E-state index is 11.4. The van der Waals surface area contributed by atoms with Crippen molar-refractivity contribution < 1.29 is 44.9 Å². The molecule has 0 bridgehead atoms. The van der Waals surface area contributed by atoms with E-state index in [2.05, 4.69) is 15.4 Å². The minimum absolute atomic E-state index is 0. The van der Waals surface area contributed by atoms with Gasteiger partial charge in [-0.05, 0) is 18.6 Å². The number of nitrogens with zero attached hydrogens (tertiary/aromatic N) is 2. The molecule has 1 heterocycles.